The number of para-hydroxylation sites is 1. The second-order valence-electron chi connectivity index (χ2n) is 8.26. The van der Waals surface area contributed by atoms with Gasteiger partial charge in [-0.2, -0.15) is 5.26 Å². The van der Waals surface area contributed by atoms with Crippen molar-refractivity contribution in [3.05, 3.63) is 98.2 Å². The summed E-state index contributed by atoms with van der Waals surface area (Å²) in [7, 11) is 0. The summed E-state index contributed by atoms with van der Waals surface area (Å²) in [4.78, 5) is 13.2. The number of nitrogens with zero attached hydrogens (tertiary/aromatic N) is 1. The van der Waals surface area contributed by atoms with Crippen molar-refractivity contribution in [3.8, 4) is 23.3 Å². The van der Waals surface area contributed by atoms with Gasteiger partial charge in [-0.3, -0.25) is 0 Å². The van der Waals surface area contributed by atoms with E-state index in [0.29, 0.717) is 34.1 Å². The van der Waals surface area contributed by atoms with Gasteiger partial charge in [0.2, 0.25) is 5.88 Å². The van der Waals surface area contributed by atoms with Gasteiger partial charge in [-0.05, 0) is 30.7 Å². The minimum Gasteiger partial charge on any atom is -0.493 e. The molecule has 2 heterocycles. The minimum absolute atomic E-state index is 0.0176. The molecule has 37 heavy (non-hydrogen) atoms. The first-order valence-corrected chi connectivity index (χ1v) is 13.0. The molecule has 0 saturated heterocycles. The number of halogens is 2. The zero-order valence-corrected chi connectivity index (χ0v) is 21.9. The second-order valence-corrected chi connectivity index (χ2v) is 10.1. The third-order valence-corrected chi connectivity index (χ3v) is 7.82. The Morgan fingerprint density at radius 1 is 1.14 bits per heavy atom. The van der Waals surface area contributed by atoms with E-state index in [-0.39, 0.29) is 27.1 Å². The molecule has 0 radical (unpaired) electrons. The number of esters is 1. The molecule has 1 aliphatic heterocycles. The molecule has 1 aromatic heterocycles. The standard InChI is InChI=1S/C28H20Cl2N2O4S/c1-2-12-34-20-8-4-3-6-16(20)23-17-11-10-15(13-21(17)36-27(32)18(23)14-31)35-28(33)26-25(30)24-19(29)7-5-9-22(24)37-26/h3-11,13,23H,2,12,32H2,1H3. The number of thiophene rings is 1. The van der Waals surface area contributed by atoms with E-state index in [1.165, 1.54) is 11.3 Å². The lowest BCUT2D eigenvalue weighted by Gasteiger charge is -2.28. The summed E-state index contributed by atoms with van der Waals surface area (Å²) < 4.78 is 18.2. The van der Waals surface area contributed by atoms with Crippen molar-refractivity contribution in [2.45, 2.75) is 19.3 Å². The number of ether oxygens (including phenoxy) is 3. The summed E-state index contributed by atoms with van der Waals surface area (Å²) in [6, 6.07) is 20.0. The summed E-state index contributed by atoms with van der Waals surface area (Å²) in [6.07, 6.45) is 0.840. The lowest BCUT2D eigenvalue weighted by molar-refractivity contribution is 0.0740. The van der Waals surface area contributed by atoms with Crippen LogP contribution in [-0.2, 0) is 0 Å². The van der Waals surface area contributed by atoms with Gasteiger partial charge in [0, 0.05) is 27.3 Å². The van der Waals surface area contributed by atoms with Crippen LogP contribution in [0.25, 0.3) is 10.1 Å². The lowest BCUT2D eigenvalue weighted by atomic mass is 9.83. The Bertz CT molecular complexity index is 1610. The van der Waals surface area contributed by atoms with Crippen molar-refractivity contribution < 1.29 is 19.0 Å². The van der Waals surface area contributed by atoms with Crippen molar-refractivity contribution in [1.82, 2.24) is 0 Å². The number of nitriles is 1. The van der Waals surface area contributed by atoms with Crippen molar-refractivity contribution in [2.75, 3.05) is 6.61 Å². The van der Waals surface area contributed by atoms with Gasteiger partial charge in [-0.1, -0.05) is 60.5 Å². The fourth-order valence-electron chi connectivity index (χ4n) is 4.24. The summed E-state index contributed by atoms with van der Waals surface area (Å²) >= 11 is 13.9. The SMILES string of the molecule is CCCOc1ccccc1C1C(C#N)=C(N)Oc2cc(OC(=O)c3sc4cccc(Cl)c4c3Cl)ccc21. The third-order valence-electron chi connectivity index (χ3n) is 5.88. The Balaban J connectivity index is 1.50. The zero-order chi connectivity index (χ0) is 26.1. The molecule has 186 valence electrons. The molecule has 1 aliphatic rings. The Kier molecular flexibility index (Phi) is 6.98. The van der Waals surface area contributed by atoms with Crippen LogP contribution in [-0.4, -0.2) is 12.6 Å². The van der Waals surface area contributed by atoms with Crippen molar-refractivity contribution >= 4 is 50.6 Å². The van der Waals surface area contributed by atoms with Crippen LogP contribution in [0, 0.1) is 11.3 Å². The molecule has 6 nitrogen and oxygen atoms in total. The van der Waals surface area contributed by atoms with Crippen LogP contribution in [0.3, 0.4) is 0 Å². The first-order valence-electron chi connectivity index (χ1n) is 11.4. The van der Waals surface area contributed by atoms with Crippen molar-refractivity contribution in [1.29, 1.82) is 5.26 Å². The molecule has 1 atom stereocenters. The maximum absolute atomic E-state index is 13.0. The molecule has 0 amide bonds. The summed E-state index contributed by atoms with van der Waals surface area (Å²) in [6.45, 7) is 2.56. The monoisotopic (exact) mass is 550 g/mol. The molecule has 1 unspecified atom stereocenters. The van der Waals surface area contributed by atoms with Crippen LogP contribution >= 0.6 is 34.5 Å². The minimum atomic E-state index is -0.617. The number of carbonyl (C=O) groups is 1. The molecule has 2 N–H and O–H groups in total. The Labute approximate surface area is 227 Å². The fourth-order valence-corrected chi connectivity index (χ4v) is 6.06. The highest BCUT2D eigenvalue weighted by Gasteiger charge is 2.33. The molecule has 0 bridgehead atoms. The number of carbonyl (C=O) groups excluding carboxylic acids is 1. The lowest BCUT2D eigenvalue weighted by Crippen LogP contribution is -2.21. The van der Waals surface area contributed by atoms with Crippen LogP contribution < -0.4 is 19.9 Å². The largest absolute Gasteiger partial charge is 0.493 e. The maximum atomic E-state index is 13.0. The van der Waals surface area contributed by atoms with Crippen LogP contribution in [0.5, 0.6) is 17.2 Å². The van der Waals surface area contributed by atoms with E-state index in [9.17, 15) is 10.1 Å². The van der Waals surface area contributed by atoms with Crippen molar-refractivity contribution in [2.24, 2.45) is 5.73 Å². The van der Waals surface area contributed by atoms with E-state index >= 15 is 0 Å². The Morgan fingerprint density at radius 2 is 1.95 bits per heavy atom. The molecule has 9 heteroatoms. The number of hydrogen-bond acceptors (Lipinski definition) is 7. The normalized spacial score (nSPS) is 14.6. The van der Waals surface area contributed by atoms with E-state index in [0.717, 1.165) is 16.7 Å². The number of rotatable bonds is 6. The molecule has 3 aromatic carbocycles. The number of fused-ring (bicyclic) bond motifs is 2. The molecule has 0 aliphatic carbocycles. The maximum Gasteiger partial charge on any atom is 0.355 e. The predicted octanol–water partition coefficient (Wildman–Crippen LogP) is 7.43. The number of hydrogen-bond donors (Lipinski definition) is 1. The van der Waals surface area contributed by atoms with E-state index in [4.69, 9.17) is 43.1 Å². The van der Waals surface area contributed by atoms with Gasteiger partial charge >= 0.3 is 5.97 Å². The molecule has 5 rings (SSSR count). The average molecular weight is 551 g/mol. The van der Waals surface area contributed by atoms with Crippen LogP contribution in [0.4, 0.5) is 0 Å². The molecular formula is C28H20Cl2N2O4S. The molecule has 4 aromatic rings. The Morgan fingerprint density at radius 3 is 2.70 bits per heavy atom. The number of benzene rings is 3. The third kappa shape index (κ3) is 4.60. The predicted molar refractivity (Wildman–Crippen MR) is 145 cm³/mol. The highest BCUT2D eigenvalue weighted by molar-refractivity contribution is 7.21. The summed E-state index contributed by atoms with van der Waals surface area (Å²) in [5.41, 5.74) is 7.93. The van der Waals surface area contributed by atoms with Crippen LogP contribution in [0.2, 0.25) is 10.0 Å². The van der Waals surface area contributed by atoms with E-state index in [2.05, 4.69) is 6.07 Å². The molecular weight excluding hydrogens is 531 g/mol. The Hall–Kier alpha value is -3.70. The van der Waals surface area contributed by atoms with Gasteiger partial charge in [-0.15, -0.1) is 11.3 Å². The summed E-state index contributed by atoms with van der Waals surface area (Å²) in [5, 5.41) is 11.2. The smallest absolute Gasteiger partial charge is 0.355 e. The summed E-state index contributed by atoms with van der Waals surface area (Å²) in [5.74, 6) is 0.139. The van der Waals surface area contributed by atoms with Gasteiger partial charge < -0.3 is 19.9 Å². The van der Waals surface area contributed by atoms with E-state index in [1.54, 1.807) is 30.3 Å². The quantitative estimate of drug-likeness (QED) is 0.198. The van der Waals surface area contributed by atoms with Gasteiger partial charge in [0.25, 0.3) is 0 Å². The first kappa shape index (κ1) is 25.0. The van der Waals surface area contributed by atoms with E-state index < -0.39 is 11.9 Å². The molecule has 0 spiro atoms. The van der Waals surface area contributed by atoms with Crippen LogP contribution in [0.1, 0.15) is 40.1 Å². The van der Waals surface area contributed by atoms with Gasteiger partial charge in [-0.25, -0.2) is 4.79 Å². The van der Waals surface area contributed by atoms with Crippen LogP contribution in [0.15, 0.2) is 72.1 Å². The van der Waals surface area contributed by atoms with Gasteiger partial charge in [0.15, 0.2) is 0 Å². The highest BCUT2D eigenvalue weighted by Crippen LogP contribution is 2.46. The van der Waals surface area contributed by atoms with Gasteiger partial charge in [0.1, 0.15) is 33.8 Å². The fraction of sp³-hybridized carbons (Fsp3) is 0.143. The highest BCUT2D eigenvalue weighted by atomic mass is 35.5. The average Bonchev–Trinajstić information content (AvgIpc) is 3.24. The topological polar surface area (TPSA) is 94.6 Å². The van der Waals surface area contributed by atoms with Crippen molar-refractivity contribution in [3.63, 3.8) is 0 Å². The first-order chi connectivity index (χ1) is 17.9. The molecule has 0 saturated carbocycles. The second kappa shape index (κ2) is 10.3. The number of allylic oxidation sites excluding steroid dienone is 1. The van der Waals surface area contributed by atoms with E-state index in [1.807, 2.05) is 37.3 Å². The zero-order valence-electron chi connectivity index (χ0n) is 19.6. The number of nitrogens with two attached hydrogens (primary N) is 1. The van der Waals surface area contributed by atoms with Gasteiger partial charge in [0.05, 0.1) is 22.6 Å². The molecule has 0 fully saturated rings.